The lowest BCUT2D eigenvalue weighted by atomic mass is 9.99. The van der Waals surface area contributed by atoms with Crippen molar-refractivity contribution in [2.75, 3.05) is 0 Å². The predicted molar refractivity (Wildman–Crippen MR) is 69.4 cm³/mol. The molecule has 0 N–H and O–H groups in total. The zero-order chi connectivity index (χ0) is 12.8. The first kappa shape index (κ1) is 11.7. The van der Waals surface area contributed by atoms with E-state index in [1.54, 1.807) is 6.07 Å². The summed E-state index contributed by atoms with van der Waals surface area (Å²) in [7, 11) is 0. The first-order chi connectivity index (χ1) is 8.85. The highest BCUT2D eigenvalue weighted by Crippen LogP contribution is 2.23. The van der Waals surface area contributed by atoms with Crippen LogP contribution in [0.1, 0.15) is 11.1 Å². The SMILES string of the molecule is N#Cc1ccccc1-c1ccc(CN=[N+]=[N-])cc1. The molecule has 4 nitrogen and oxygen atoms in total. The third-order valence-corrected chi connectivity index (χ3v) is 2.63. The Morgan fingerprint density at radius 3 is 2.50 bits per heavy atom. The fourth-order valence-electron chi connectivity index (χ4n) is 1.74. The van der Waals surface area contributed by atoms with Gasteiger partial charge in [0.1, 0.15) is 0 Å². The highest BCUT2D eigenvalue weighted by Gasteiger charge is 2.03. The van der Waals surface area contributed by atoms with E-state index in [1.807, 2.05) is 42.5 Å². The lowest BCUT2D eigenvalue weighted by molar-refractivity contribution is 1.05. The lowest BCUT2D eigenvalue weighted by Gasteiger charge is -2.04. The molecule has 0 radical (unpaired) electrons. The third-order valence-electron chi connectivity index (χ3n) is 2.63. The molecule has 4 heteroatoms. The second kappa shape index (κ2) is 5.53. The summed E-state index contributed by atoms with van der Waals surface area (Å²) in [6.45, 7) is 0.344. The Bertz CT molecular complexity index is 632. The third kappa shape index (κ3) is 2.49. The average molecular weight is 234 g/mol. The summed E-state index contributed by atoms with van der Waals surface area (Å²) in [4.78, 5) is 2.72. The van der Waals surface area contributed by atoms with Gasteiger partial charge >= 0.3 is 0 Å². The molecule has 0 aliphatic carbocycles. The Morgan fingerprint density at radius 1 is 1.11 bits per heavy atom. The van der Waals surface area contributed by atoms with Crippen LogP contribution in [0.3, 0.4) is 0 Å². The van der Waals surface area contributed by atoms with Gasteiger partial charge in [-0.3, -0.25) is 0 Å². The van der Waals surface area contributed by atoms with Crippen LogP contribution in [0.15, 0.2) is 53.6 Å². The predicted octanol–water partition coefficient (Wildman–Crippen LogP) is 4.04. The molecule has 0 aromatic heterocycles. The van der Waals surface area contributed by atoms with Crippen LogP contribution in [0, 0.1) is 11.3 Å². The molecule has 2 rings (SSSR count). The van der Waals surface area contributed by atoms with Crippen LogP contribution in [0.4, 0.5) is 0 Å². The number of rotatable bonds is 3. The van der Waals surface area contributed by atoms with Gasteiger partial charge in [-0.15, -0.1) is 0 Å². The maximum absolute atomic E-state index is 9.05. The minimum Gasteiger partial charge on any atom is -0.192 e. The summed E-state index contributed by atoms with van der Waals surface area (Å²) in [5.74, 6) is 0. The molecule has 2 aromatic rings. The fraction of sp³-hybridized carbons (Fsp3) is 0.0714. The quantitative estimate of drug-likeness (QED) is 0.448. The largest absolute Gasteiger partial charge is 0.192 e. The molecule has 0 aliphatic heterocycles. The zero-order valence-electron chi connectivity index (χ0n) is 9.61. The molecule has 18 heavy (non-hydrogen) atoms. The highest BCUT2D eigenvalue weighted by molar-refractivity contribution is 5.70. The Labute approximate surface area is 105 Å². The van der Waals surface area contributed by atoms with Gasteiger partial charge in [0, 0.05) is 4.91 Å². The van der Waals surface area contributed by atoms with Crippen LogP contribution >= 0.6 is 0 Å². The Kier molecular flexibility index (Phi) is 3.60. The molecule has 0 atom stereocenters. The van der Waals surface area contributed by atoms with Gasteiger partial charge in [-0.1, -0.05) is 47.6 Å². The van der Waals surface area contributed by atoms with Gasteiger partial charge < -0.3 is 0 Å². The van der Waals surface area contributed by atoms with E-state index in [0.29, 0.717) is 12.1 Å². The molecule has 0 aliphatic rings. The fourth-order valence-corrected chi connectivity index (χ4v) is 1.74. The van der Waals surface area contributed by atoms with E-state index in [2.05, 4.69) is 16.1 Å². The summed E-state index contributed by atoms with van der Waals surface area (Å²) in [5, 5.41) is 12.6. The lowest BCUT2D eigenvalue weighted by Crippen LogP contribution is -1.85. The second-order valence-electron chi connectivity index (χ2n) is 3.74. The first-order valence-corrected chi connectivity index (χ1v) is 5.44. The Morgan fingerprint density at radius 2 is 1.83 bits per heavy atom. The van der Waals surface area contributed by atoms with E-state index in [-0.39, 0.29) is 0 Å². The van der Waals surface area contributed by atoms with Crippen LogP contribution in [-0.2, 0) is 6.54 Å². The average Bonchev–Trinajstić information content (AvgIpc) is 2.45. The molecule has 0 heterocycles. The van der Waals surface area contributed by atoms with E-state index >= 15 is 0 Å². The molecule has 2 aromatic carbocycles. The normalized spacial score (nSPS) is 9.28. The van der Waals surface area contributed by atoms with Gasteiger partial charge in [0.25, 0.3) is 0 Å². The van der Waals surface area contributed by atoms with Crippen molar-refractivity contribution in [3.05, 3.63) is 70.1 Å². The van der Waals surface area contributed by atoms with Crippen molar-refractivity contribution in [1.82, 2.24) is 0 Å². The molecule has 0 bridgehead atoms. The van der Waals surface area contributed by atoms with Crippen molar-refractivity contribution in [2.45, 2.75) is 6.54 Å². The molecule has 0 amide bonds. The van der Waals surface area contributed by atoms with E-state index < -0.39 is 0 Å². The van der Waals surface area contributed by atoms with Gasteiger partial charge in [0.2, 0.25) is 0 Å². The van der Waals surface area contributed by atoms with E-state index in [9.17, 15) is 0 Å². The minimum absolute atomic E-state index is 0.344. The van der Waals surface area contributed by atoms with Crippen LogP contribution in [-0.4, -0.2) is 0 Å². The monoisotopic (exact) mass is 234 g/mol. The number of hydrogen-bond donors (Lipinski definition) is 0. The van der Waals surface area contributed by atoms with E-state index in [1.165, 1.54) is 0 Å². The Balaban J connectivity index is 2.35. The summed E-state index contributed by atoms with van der Waals surface area (Å²) < 4.78 is 0. The standard InChI is InChI=1S/C14H10N4/c15-9-13-3-1-2-4-14(13)12-7-5-11(6-8-12)10-17-18-16/h1-8H,10H2. The van der Waals surface area contributed by atoms with Gasteiger partial charge in [0.05, 0.1) is 18.2 Å². The van der Waals surface area contributed by atoms with Crippen molar-refractivity contribution in [3.63, 3.8) is 0 Å². The van der Waals surface area contributed by atoms with Crippen LogP contribution < -0.4 is 0 Å². The van der Waals surface area contributed by atoms with Crippen molar-refractivity contribution >= 4 is 0 Å². The topological polar surface area (TPSA) is 72.5 Å². The summed E-state index contributed by atoms with van der Waals surface area (Å²) in [6.07, 6.45) is 0. The molecule has 0 fully saturated rings. The van der Waals surface area contributed by atoms with Gasteiger partial charge in [-0.2, -0.15) is 5.26 Å². The number of azide groups is 1. The number of hydrogen-bond acceptors (Lipinski definition) is 2. The van der Waals surface area contributed by atoms with Gasteiger partial charge in [-0.05, 0) is 28.3 Å². The molecule has 0 saturated carbocycles. The zero-order valence-corrected chi connectivity index (χ0v) is 9.61. The molecule has 0 saturated heterocycles. The Hall–Kier alpha value is -2.76. The molecule has 0 unspecified atom stereocenters. The van der Waals surface area contributed by atoms with Crippen molar-refractivity contribution < 1.29 is 0 Å². The molecular formula is C14H10N4. The van der Waals surface area contributed by atoms with Crippen molar-refractivity contribution in [3.8, 4) is 17.2 Å². The van der Waals surface area contributed by atoms with Crippen LogP contribution in [0.5, 0.6) is 0 Å². The van der Waals surface area contributed by atoms with Crippen LogP contribution in [0.25, 0.3) is 21.6 Å². The van der Waals surface area contributed by atoms with Gasteiger partial charge in [-0.25, -0.2) is 0 Å². The maximum atomic E-state index is 9.05. The number of nitrogens with zero attached hydrogens (tertiary/aromatic N) is 4. The van der Waals surface area contributed by atoms with Crippen molar-refractivity contribution in [2.24, 2.45) is 5.11 Å². The molecular weight excluding hydrogens is 224 g/mol. The summed E-state index contributed by atoms with van der Waals surface area (Å²) >= 11 is 0. The molecule has 0 spiro atoms. The first-order valence-electron chi connectivity index (χ1n) is 5.44. The summed E-state index contributed by atoms with van der Waals surface area (Å²) in [6, 6.07) is 17.3. The number of nitriles is 1. The summed E-state index contributed by atoms with van der Waals surface area (Å²) in [5.41, 5.74) is 11.7. The number of benzene rings is 2. The van der Waals surface area contributed by atoms with Gasteiger partial charge in [0.15, 0.2) is 0 Å². The van der Waals surface area contributed by atoms with Crippen molar-refractivity contribution in [1.29, 1.82) is 5.26 Å². The smallest absolute Gasteiger partial charge is 0.0998 e. The van der Waals surface area contributed by atoms with E-state index in [0.717, 1.165) is 16.7 Å². The second-order valence-corrected chi connectivity index (χ2v) is 3.74. The molecule has 86 valence electrons. The highest BCUT2D eigenvalue weighted by atomic mass is 15.1. The minimum atomic E-state index is 0.344. The van der Waals surface area contributed by atoms with Crippen LogP contribution in [0.2, 0.25) is 0 Å². The van der Waals surface area contributed by atoms with E-state index in [4.69, 9.17) is 10.8 Å². The maximum Gasteiger partial charge on any atom is 0.0998 e.